The molecule has 5 aromatic rings. The second-order valence-corrected chi connectivity index (χ2v) is 9.29. The fourth-order valence-electron chi connectivity index (χ4n) is 5.51. The van der Waals surface area contributed by atoms with E-state index < -0.39 is 0 Å². The molecular weight excluding hydrogens is 470 g/mol. The summed E-state index contributed by atoms with van der Waals surface area (Å²) in [5.74, 6) is 1.80. The molecule has 3 aliphatic rings. The third-order valence-corrected chi connectivity index (χ3v) is 7.15. The Hall–Kier alpha value is -5.30. The first-order valence-corrected chi connectivity index (χ1v) is 12.5. The van der Waals surface area contributed by atoms with Gasteiger partial charge in [-0.1, -0.05) is 48.5 Å². The maximum Gasteiger partial charge on any atom is 0.442 e. The quantitative estimate of drug-likeness (QED) is 0.297. The zero-order valence-electron chi connectivity index (χ0n) is 20.2. The Balaban J connectivity index is 1.42. The highest BCUT2D eigenvalue weighted by Crippen LogP contribution is 2.51. The van der Waals surface area contributed by atoms with Gasteiger partial charge < -0.3 is 4.90 Å². The van der Waals surface area contributed by atoms with Gasteiger partial charge in [0.1, 0.15) is 17.4 Å². The Morgan fingerprint density at radius 3 is 2.11 bits per heavy atom. The summed E-state index contributed by atoms with van der Waals surface area (Å²) < 4.78 is 2.13. The van der Waals surface area contributed by atoms with E-state index in [2.05, 4.69) is 43.7 Å². The summed E-state index contributed by atoms with van der Waals surface area (Å²) in [5.41, 5.74) is 8.25. The van der Waals surface area contributed by atoms with Crippen molar-refractivity contribution in [1.29, 1.82) is 0 Å². The van der Waals surface area contributed by atoms with Crippen molar-refractivity contribution in [3.05, 3.63) is 115 Å². The third kappa shape index (κ3) is 3.02. The van der Waals surface area contributed by atoms with E-state index in [1.54, 1.807) is 0 Å². The third-order valence-electron chi connectivity index (χ3n) is 7.15. The highest BCUT2D eigenvalue weighted by molar-refractivity contribution is 6.41. The summed E-state index contributed by atoms with van der Waals surface area (Å²) in [6, 6.07) is 30.5. The molecule has 5 heterocycles. The van der Waals surface area contributed by atoms with Gasteiger partial charge in [0.05, 0.1) is 17.6 Å². The van der Waals surface area contributed by atoms with Crippen LogP contribution in [0.4, 0.5) is 23.0 Å². The number of aliphatic imine (C=N–C) groups is 1. The van der Waals surface area contributed by atoms with E-state index in [0.29, 0.717) is 17.6 Å². The van der Waals surface area contributed by atoms with E-state index in [1.165, 1.54) is 0 Å². The number of para-hydroxylation sites is 2. The standard InChI is InChI=1S/C31H20N7/c1-3-9-20(10-4-1)29-34-30(21-11-5-2-6-12-21)36-31(35-29)38-26-14-8-7-13-25(26)37-24-15-16-32-17-22(24)23-18-33-19-27(38)28(23)37/h1-19,28H/q+1. The predicted octanol–water partition coefficient (Wildman–Crippen LogP) is 5.84. The number of nitrogens with zero attached hydrogens (tertiary/aromatic N) is 7. The van der Waals surface area contributed by atoms with Crippen molar-refractivity contribution in [2.24, 2.45) is 4.99 Å². The van der Waals surface area contributed by atoms with E-state index in [1.807, 2.05) is 91.5 Å². The molecule has 0 N–H and O–H groups in total. The molecule has 0 fully saturated rings. The van der Waals surface area contributed by atoms with Gasteiger partial charge in [-0.2, -0.15) is 9.56 Å². The number of anilines is 2. The second-order valence-electron chi connectivity index (χ2n) is 9.29. The van der Waals surface area contributed by atoms with Crippen LogP contribution in [0.2, 0.25) is 0 Å². The average Bonchev–Trinajstić information content (AvgIpc) is 3.34. The number of pyridine rings is 1. The first-order valence-electron chi connectivity index (χ1n) is 12.5. The van der Waals surface area contributed by atoms with Crippen LogP contribution < -0.4 is 9.48 Å². The van der Waals surface area contributed by atoms with Gasteiger partial charge in [0.15, 0.2) is 0 Å². The normalized spacial score (nSPS) is 16.6. The molecule has 8 rings (SSSR count). The van der Waals surface area contributed by atoms with Crippen LogP contribution in [0.5, 0.6) is 0 Å². The number of hydrogen-bond acceptors (Lipinski definition) is 6. The van der Waals surface area contributed by atoms with Crippen molar-refractivity contribution in [1.82, 2.24) is 24.5 Å². The maximum atomic E-state index is 5.03. The van der Waals surface area contributed by atoms with Crippen molar-refractivity contribution in [2.45, 2.75) is 6.04 Å². The lowest BCUT2D eigenvalue weighted by Crippen LogP contribution is -2.45. The topological polar surface area (TPSA) is 70.2 Å². The van der Waals surface area contributed by atoms with Gasteiger partial charge in [-0.25, -0.2) is 0 Å². The summed E-state index contributed by atoms with van der Waals surface area (Å²) in [6.07, 6.45) is 7.63. The fraction of sp³-hybridized carbons (Fsp3) is 0.0323. The van der Waals surface area contributed by atoms with Crippen molar-refractivity contribution in [3.63, 3.8) is 0 Å². The Kier molecular flexibility index (Phi) is 4.45. The molecule has 0 radical (unpaired) electrons. The smallest absolute Gasteiger partial charge is 0.323 e. The Morgan fingerprint density at radius 2 is 1.37 bits per heavy atom. The van der Waals surface area contributed by atoms with Crippen molar-refractivity contribution in [2.75, 3.05) is 4.90 Å². The largest absolute Gasteiger partial charge is 0.442 e. The molecule has 0 saturated carbocycles. The minimum Gasteiger partial charge on any atom is -0.323 e. The maximum absolute atomic E-state index is 5.03. The molecule has 178 valence electrons. The van der Waals surface area contributed by atoms with Crippen LogP contribution in [0.1, 0.15) is 5.56 Å². The monoisotopic (exact) mass is 490 g/mol. The van der Waals surface area contributed by atoms with Crippen LogP contribution in [0.3, 0.4) is 0 Å². The Bertz CT molecular complexity index is 1770. The highest BCUT2D eigenvalue weighted by Gasteiger charge is 2.46. The van der Waals surface area contributed by atoms with Gasteiger partial charge in [-0.3, -0.25) is 9.98 Å². The molecule has 3 aromatic carbocycles. The molecule has 0 bridgehead atoms. The molecule has 1 unspecified atom stereocenters. The van der Waals surface area contributed by atoms with Crippen molar-refractivity contribution in [3.8, 4) is 22.8 Å². The minimum absolute atomic E-state index is 0.0567. The van der Waals surface area contributed by atoms with E-state index in [9.17, 15) is 0 Å². The van der Waals surface area contributed by atoms with Crippen LogP contribution in [0, 0.1) is 0 Å². The number of rotatable bonds is 3. The molecule has 0 spiro atoms. The minimum atomic E-state index is -0.0567. The zero-order valence-corrected chi connectivity index (χ0v) is 20.2. The summed E-state index contributed by atoms with van der Waals surface area (Å²) in [7, 11) is 0. The van der Waals surface area contributed by atoms with Crippen LogP contribution in [0.25, 0.3) is 28.3 Å². The zero-order chi connectivity index (χ0) is 25.1. The predicted molar refractivity (Wildman–Crippen MR) is 150 cm³/mol. The molecule has 0 amide bonds. The first kappa shape index (κ1) is 20.8. The van der Waals surface area contributed by atoms with E-state index in [-0.39, 0.29) is 6.04 Å². The van der Waals surface area contributed by atoms with Crippen molar-refractivity contribution >= 4 is 40.5 Å². The number of hydrogen-bond donors (Lipinski definition) is 0. The summed E-state index contributed by atoms with van der Waals surface area (Å²) in [5, 5.41) is 0. The van der Waals surface area contributed by atoms with Gasteiger partial charge in [0.2, 0.25) is 11.6 Å². The SMILES string of the molecule is C1=NC=C2c3cnccc3N3c4ccccc4[N+](c4nc(-c5ccccc5)nc(-c5ccccc5)n4)=C1C23. The molecule has 7 heteroatoms. The van der Waals surface area contributed by atoms with Gasteiger partial charge in [0.25, 0.3) is 0 Å². The van der Waals surface area contributed by atoms with Crippen LogP contribution in [-0.4, -0.2) is 37.9 Å². The van der Waals surface area contributed by atoms with Crippen LogP contribution >= 0.6 is 0 Å². The molecule has 3 aliphatic heterocycles. The highest BCUT2D eigenvalue weighted by atomic mass is 15.3. The molecule has 2 aromatic heterocycles. The lowest BCUT2D eigenvalue weighted by molar-refractivity contribution is 0.876. The van der Waals surface area contributed by atoms with Crippen LogP contribution in [-0.2, 0) is 0 Å². The summed E-state index contributed by atoms with van der Waals surface area (Å²) in [4.78, 5) is 26.4. The number of benzene rings is 3. The van der Waals surface area contributed by atoms with Gasteiger partial charge in [-0.05, 0) is 52.4 Å². The first-order chi connectivity index (χ1) is 18.9. The van der Waals surface area contributed by atoms with Gasteiger partial charge >= 0.3 is 5.95 Å². The van der Waals surface area contributed by atoms with E-state index >= 15 is 0 Å². The van der Waals surface area contributed by atoms with Gasteiger partial charge in [0, 0.05) is 40.9 Å². The lowest BCUT2D eigenvalue weighted by atomic mass is 9.97. The molecule has 1 atom stereocenters. The van der Waals surface area contributed by atoms with Gasteiger partial charge in [-0.15, -0.1) is 0 Å². The second kappa shape index (κ2) is 8.11. The molecular formula is C31H20N7+. The average molecular weight is 491 g/mol. The van der Waals surface area contributed by atoms with E-state index in [0.717, 1.165) is 45.0 Å². The molecule has 7 nitrogen and oxygen atoms in total. The fourth-order valence-corrected chi connectivity index (χ4v) is 5.51. The van der Waals surface area contributed by atoms with Crippen LogP contribution in [0.15, 0.2) is 115 Å². The molecule has 38 heavy (non-hydrogen) atoms. The summed E-state index contributed by atoms with van der Waals surface area (Å²) >= 11 is 0. The lowest BCUT2D eigenvalue weighted by Gasteiger charge is -2.35. The molecule has 0 aliphatic carbocycles. The number of fused-ring (bicyclic) bond motifs is 5. The Morgan fingerprint density at radius 1 is 0.684 bits per heavy atom. The molecule has 0 saturated heterocycles. The summed E-state index contributed by atoms with van der Waals surface area (Å²) in [6.45, 7) is 0. The Labute approximate surface area is 218 Å². The number of aromatic nitrogens is 4. The van der Waals surface area contributed by atoms with Crippen molar-refractivity contribution < 1.29 is 0 Å². The van der Waals surface area contributed by atoms with E-state index in [4.69, 9.17) is 15.0 Å².